The molecule has 0 bridgehead atoms. The van der Waals surface area contributed by atoms with Gasteiger partial charge in [0.05, 0.1) is 5.56 Å². The second-order valence-electron chi connectivity index (χ2n) is 3.57. The van der Waals surface area contributed by atoms with E-state index in [2.05, 4.69) is 4.98 Å². The largest absolute Gasteiger partial charge is 0.478 e. The summed E-state index contributed by atoms with van der Waals surface area (Å²) in [7, 11) is 0. The van der Waals surface area contributed by atoms with Gasteiger partial charge in [0.2, 0.25) is 5.78 Å². The third-order valence-electron chi connectivity index (χ3n) is 2.35. The predicted molar refractivity (Wildman–Crippen MR) is 66.1 cm³/mol. The number of carbonyl (C=O) groups excluding carboxylic acids is 1. The molecule has 0 amide bonds. The number of aromatic nitrogens is 1. The Bertz CT molecular complexity index is 608. The number of rotatable bonds is 3. The minimum absolute atomic E-state index is 0.0299. The lowest BCUT2D eigenvalue weighted by Crippen LogP contribution is -2.06. The van der Waals surface area contributed by atoms with E-state index in [1.165, 1.54) is 18.3 Å². The fourth-order valence-electron chi connectivity index (χ4n) is 1.44. The van der Waals surface area contributed by atoms with Gasteiger partial charge in [0.15, 0.2) is 0 Å². The van der Waals surface area contributed by atoms with Crippen LogP contribution in [0.1, 0.15) is 26.4 Å². The minimum Gasteiger partial charge on any atom is -0.478 e. The van der Waals surface area contributed by atoms with Crippen LogP contribution in [-0.4, -0.2) is 21.8 Å². The van der Waals surface area contributed by atoms with Crippen molar-refractivity contribution in [3.63, 3.8) is 0 Å². The maximum Gasteiger partial charge on any atom is 0.335 e. The molecule has 0 spiro atoms. The molecule has 0 saturated carbocycles. The summed E-state index contributed by atoms with van der Waals surface area (Å²) in [5, 5.41) is 9.37. The van der Waals surface area contributed by atoms with E-state index >= 15 is 0 Å². The number of carbonyl (C=O) groups is 2. The van der Waals surface area contributed by atoms with Crippen molar-refractivity contribution in [2.24, 2.45) is 0 Å². The molecule has 0 aliphatic heterocycles. The highest BCUT2D eigenvalue weighted by molar-refractivity contribution is 6.30. The van der Waals surface area contributed by atoms with Crippen molar-refractivity contribution in [2.75, 3.05) is 0 Å². The Morgan fingerprint density at radius 1 is 1.06 bits per heavy atom. The van der Waals surface area contributed by atoms with Crippen LogP contribution >= 0.6 is 11.6 Å². The molecule has 4 nitrogen and oxygen atoms in total. The van der Waals surface area contributed by atoms with Gasteiger partial charge in [-0.3, -0.25) is 9.78 Å². The molecule has 18 heavy (non-hydrogen) atoms. The number of hydrogen-bond acceptors (Lipinski definition) is 3. The van der Waals surface area contributed by atoms with Crippen molar-refractivity contribution in [3.05, 3.63) is 64.4 Å². The molecular formula is C13H8ClNO3. The zero-order valence-electron chi connectivity index (χ0n) is 9.13. The van der Waals surface area contributed by atoms with Gasteiger partial charge in [0, 0.05) is 16.8 Å². The number of benzene rings is 1. The predicted octanol–water partition coefficient (Wildman–Crippen LogP) is 2.66. The van der Waals surface area contributed by atoms with Gasteiger partial charge in [-0.15, -0.1) is 0 Å². The van der Waals surface area contributed by atoms with Crippen molar-refractivity contribution in [2.45, 2.75) is 0 Å². The van der Waals surface area contributed by atoms with Crippen LogP contribution in [0.3, 0.4) is 0 Å². The highest BCUT2D eigenvalue weighted by Gasteiger charge is 2.12. The second kappa shape index (κ2) is 4.98. The Morgan fingerprint density at radius 3 is 2.33 bits per heavy atom. The maximum absolute atomic E-state index is 12.0. The van der Waals surface area contributed by atoms with Gasteiger partial charge in [-0.05, 0) is 36.4 Å². The summed E-state index contributed by atoms with van der Waals surface area (Å²) in [6.07, 6.45) is 1.30. The maximum atomic E-state index is 12.0. The Morgan fingerprint density at radius 2 is 1.72 bits per heavy atom. The smallest absolute Gasteiger partial charge is 0.335 e. The summed E-state index contributed by atoms with van der Waals surface area (Å²) in [5.74, 6) is -1.43. The number of hydrogen-bond donors (Lipinski definition) is 1. The molecule has 2 rings (SSSR count). The molecule has 0 aliphatic carbocycles. The van der Waals surface area contributed by atoms with Crippen molar-refractivity contribution >= 4 is 23.4 Å². The fraction of sp³-hybridized carbons (Fsp3) is 0. The standard InChI is InChI=1S/C13H8ClNO3/c14-10-3-1-8(2-4-10)12(16)11-7-9(13(17)18)5-6-15-11/h1-7H,(H,17,18). The summed E-state index contributed by atoms with van der Waals surface area (Å²) < 4.78 is 0. The van der Waals surface area contributed by atoms with E-state index in [4.69, 9.17) is 16.7 Å². The molecule has 1 aromatic carbocycles. The quantitative estimate of drug-likeness (QED) is 0.863. The Labute approximate surface area is 108 Å². The lowest BCUT2D eigenvalue weighted by Gasteiger charge is -2.01. The van der Waals surface area contributed by atoms with Crippen LogP contribution in [0, 0.1) is 0 Å². The van der Waals surface area contributed by atoms with E-state index in [1.54, 1.807) is 24.3 Å². The number of carboxylic acids is 1. The summed E-state index contributed by atoms with van der Waals surface area (Å²) in [4.78, 5) is 26.7. The van der Waals surface area contributed by atoms with Gasteiger partial charge in [-0.2, -0.15) is 0 Å². The van der Waals surface area contributed by atoms with Crippen LogP contribution < -0.4 is 0 Å². The van der Waals surface area contributed by atoms with Gasteiger partial charge in [0.1, 0.15) is 5.69 Å². The number of carboxylic acid groups (broad SMARTS) is 1. The van der Waals surface area contributed by atoms with Crippen LogP contribution in [0.5, 0.6) is 0 Å². The van der Waals surface area contributed by atoms with E-state index < -0.39 is 5.97 Å². The average Bonchev–Trinajstić information content (AvgIpc) is 2.39. The summed E-state index contributed by atoms with van der Waals surface area (Å²) in [5.41, 5.74) is 0.536. The molecule has 0 radical (unpaired) electrons. The fourth-order valence-corrected chi connectivity index (χ4v) is 1.56. The van der Waals surface area contributed by atoms with Crippen LogP contribution in [0.25, 0.3) is 0 Å². The van der Waals surface area contributed by atoms with Gasteiger partial charge in [-0.1, -0.05) is 11.6 Å². The molecule has 0 atom stereocenters. The number of aromatic carboxylic acids is 1. The molecule has 0 unspecified atom stereocenters. The van der Waals surface area contributed by atoms with E-state index in [0.29, 0.717) is 10.6 Å². The van der Waals surface area contributed by atoms with E-state index in [9.17, 15) is 9.59 Å². The first-order chi connectivity index (χ1) is 8.58. The van der Waals surface area contributed by atoms with Gasteiger partial charge >= 0.3 is 5.97 Å². The molecule has 1 aromatic heterocycles. The lowest BCUT2D eigenvalue weighted by molar-refractivity contribution is 0.0696. The molecule has 0 aliphatic rings. The van der Waals surface area contributed by atoms with E-state index in [0.717, 1.165) is 0 Å². The van der Waals surface area contributed by atoms with Crippen LogP contribution in [0.15, 0.2) is 42.6 Å². The molecule has 90 valence electrons. The minimum atomic E-state index is -1.09. The summed E-state index contributed by atoms with van der Waals surface area (Å²) in [6.45, 7) is 0. The monoisotopic (exact) mass is 261 g/mol. The molecule has 2 aromatic rings. The Balaban J connectivity index is 2.37. The third kappa shape index (κ3) is 2.55. The highest BCUT2D eigenvalue weighted by Crippen LogP contribution is 2.13. The van der Waals surface area contributed by atoms with E-state index in [1.807, 2.05) is 0 Å². The van der Waals surface area contributed by atoms with Crippen molar-refractivity contribution in [1.82, 2.24) is 4.98 Å². The van der Waals surface area contributed by atoms with Crippen LogP contribution in [0.4, 0.5) is 0 Å². The van der Waals surface area contributed by atoms with Gasteiger partial charge in [-0.25, -0.2) is 4.79 Å². The van der Waals surface area contributed by atoms with Crippen molar-refractivity contribution in [1.29, 1.82) is 0 Å². The van der Waals surface area contributed by atoms with Gasteiger partial charge < -0.3 is 5.11 Å². The highest BCUT2D eigenvalue weighted by atomic mass is 35.5. The first kappa shape index (κ1) is 12.3. The molecule has 1 N–H and O–H groups in total. The zero-order chi connectivity index (χ0) is 13.1. The topological polar surface area (TPSA) is 67.3 Å². The lowest BCUT2D eigenvalue weighted by atomic mass is 10.1. The number of pyridine rings is 1. The molecule has 0 fully saturated rings. The third-order valence-corrected chi connectivity index (χ3v) is 2.60. The Hall–Kier alpha value is -2.20. The van der Waals surface area contributed by atoms with Crippen molar-refractivity contribution < 1.29 is 14.7 Å². The molecule has 0 saturated heterocycles. The average molecular weight is 262 g/mol. The second-order valence-corrected chi connectivity index (χ2v) is 4.01. The van der Waals surface area contributed by atoms with E-state index in [-0.39, 0.29) is 17.0 Å². The molecular weight excluding hydrogens is 254 g/mol. The summed E-state index contributed by atoms with van der Waals surface area (Å²) >= 11 is 5.72. The summed E-state index contributed by atoms with van der Waals surface area (Å²) in [6, 6.07) is 8.91. The normalized spacial score (nSPS) is 10.1. The van der Waals surface area contributed by atoms with Gasteiger partial charge in [0.25, 0.3) is 0 Å². The first-order valence-electron chi connectivity index (χ1n) is 5.07. The molecule has 5 heteroatoms. The molecule has 1 heterocycles. The van der Waals surface area contributed by atoms with Crippen molar-refractivity contribution in [3.8, 4) is 0 Å². The first-order valence-corrected chi connectivity index (χ1v) is 5.45. The SMILES string of the molecule is O=C(O)c1ccnc(C(=O)c2ccc(Cl)cc2)c1. The number of halogens is 1. The van der Waals surface area contributed by atoms with Crippen LogP contribution in [-0.2, 0) is 0 Å². The van der Waals surface area contributed by atoms with Crippen LogP contribution in [0.2, 0.25) is 5.02 Å². The number of nitrogens with zero attached hydrogens (tertiary/aromatic N) is 1. The zero-order valence-corrected chi connectivity index (χ0v) is 9.89. The number of ketones is 1. The Kier molecular flexibility index (Phi) is 3.39.